The second kappa shape index (κ2) is 5.66. The molecule has 0 saturated heterocycles. The lowest BCUT2D eigenvalue weighted by molar-refractivity contribution is 1.41. The maximum absolute atomic E-state index is 6.01. The molecule has 0 aliphatic heterocycles. The van der Waals surface area contributed by atoms with Crippen LogP contribution in [-0.2, 0) is 0 Å². The number of halogens is 5. The molecule has 1 aromatic heterocycles. The Bertz CT molecular complexity index is 631. The van der Waals surface area contributed by atoms with Gasteiger partial charge in [0.15, 0.2) is 0 Å². The third-order valence-electron chi connectivity index (χ3n) is 1.77. The quantitative estimate of drug-likeness (QED) is 0.415. The summed E-state index contributed by atoms with van der Waals surface area (Å²) in [5.74, 6) is 0. The molecule has 0 saturated carbocycles. The lowest BCUT2D eigenvalue weighted by Gasteiger charge is -2.00. The van der Waals surface area contributed by atoms with E-state index < -0.39 is 0 Å². The van der Waals surface area contributed by atoms with Crippen LogP contribution in [0.3, 0.4) is 0 Å². The van der Waals surface area contributed by atoms with Crippen LogP contribution in [0.15, 0.2) is 17.1 Å². The van der Waals surface area contributed by atoms with Crippen molar-refractivity contribution in [3.63, 3.8) is 0 Å². The van der Waals surface area contributed by atoms with Crippen LogP contribution in [0.5, 0.6) is 0 Å². The maximum atomic E-state index is 6.01. The smallest absolute Gasteiger partial charge is 0.147 e. The molecule has 17 heavy (non-hydrogen) atoms. The van der Waals surface area contributed by atoms with Gasteiger partial charge >= 0.3 is 0 Å². The maximum Gasteiger partial charge on any atom is 0.147 e. The van der Waals surface area contributed by atoms with Crippen molar-refractivity contribution in [1.29, 1.82) is 0 Å². The number of rotatable bonds is 1. The SMILES string of the molecule is Clc1cc(Cl)c(N=c2ssc(Cl)c2Cl)cc1Cl. The van der Waals surface area contributed by atoms with Crippen molar-refractivity contribution in [3.8, 4) is 0 Å². The van der Waals surface area contributed by atoms with Gasteiger partial charge in [-0.25, -0.2) is 4.99 Å². The van der Waals surface area contributed by atoms with Crippen molar-refractivity contribution in [2.24, 2.45) is 4.99 Å². The molecule has 0 aliphatic rings. The highest BCUT2D eigenvalue weighted by Crippen LogP contribution is 2.34. The highest BCUT2D eigenvalue weighted by Gasteiger charge is 2.08. The molecule has 8 heteroatoms. The van der Waals surface area contributed by atoms with Crippen LogP contribution in [0.4, 0.5) is 5.69 Å². The van der Waals surface area contributed by atoms with E-state index in [9.17, 15) is 0 Å². The molecule has 1 aromatic carbocycles. The first-order valence-electron chi connectivity index (χ1n) is 4.12. The molecule has 2 aromatic rings. The predicted molar refractivity (Wildman–Crippen MR) is 78.9 cm³/mol. The summed E-state index contributed by atoms with van der Waals surface area (Å²) in [5, 5.41) is 1.60. The minimum Gasteiger partial charge on any atom is -0.234 e. The first kappa shape index (κ1) is 13.9. The Hall–Kier alpha value is 0.520. The van der Waals surface area contributed by atoms with Crippen molar-refractivity contribution in [1.82, 2.24) is 0 Å². The van der Waals surface area contributed by atoms with Gasteiger partial charge in [0, 0.05) is 0 Å². The second-order valence-corrected chi connectivity index (χ2v) is 7.22. The molecule has 1 heterocycles. The van der Waals surface area contributed by atoms with Gasteiger partial charge < -0.3 is 0 Å². The van der Waals surface area contributed by atoms with Gasteiger partial charge in [0.2, 0.25) is 0 Å². The highest BCUT2D eigenvalue weighted by atomic mass is 35.5. The van der Waals surface area contributed by atoms with E-state index in [1.807, 2.05) is 0 Å². The summed E-state index contributed by atoms with van der Waals surface area (Å²) in [6, 6.07) is 3.12. The van der Waals surface area contributed by atoms with E-state index in [4.69, 9.17) is 58.0 Å². The van der Waals surface area contributed by atoms with Crippen LogP contribution in [0, 0.1) is 0 Å². The van der Waals surface area contributed by atoms with Crippen molar-refractivity contribution in [2.45, 2.75) is 0 Å². The Labute approximate surface area is 130 Å². The molecule has 90 valence electrons. The van der Waals surface area contributed by atoms with Gasteiger partial charge in [-0.2, -0.15) is 0 Å². The summed E-state index contributed by atoms with van der Waals surface area (Å²) >= 11 is 29.5. The Morgan fingerprint density at radius 1 is 0.824 bits per heavy atom. The Morgan fingerprint density at radius 3 is 2.06 bits per heavy atom. The van der Waals surface area contributed by atoms with E-state index in [1.165, 1.54) is 26.7 Å². The molecule has 1 nitrogen and oxygen atoms in total. The average molecular weight is 366 g/mol. The normalized spacial score (nSPS) is 12.2. The standard InChI is InChI=1S/C9H2Cl5NS2/c10-3-1-5(12)6(2-4(3)11)15-9-7(13)8(14)16-17-9/h1-2H. The monoisotopic (exact) mass is 363 g/mol. The van der Waals surface area contributed by atoms with Gasteiger partial charge in [-0.3, -0.25) is 0 Å². The van der Waals surface area contributed by atoms with Gasteiger partial charge in [-0.05, 0) is 12.1 Å². The zero-order valence-corrected chi connectivity index (χ0v) is 13.2. The minimum atomic E-state index is 0.383. The largest absolute Gasteiger partial charge is 0.234 e. The average Bonchev–Trinajstić information content (AvgIpc) is 2.58. The molecule has 0 N–H and O–H groups in total. The van der Waals surface area contributed by atoms with E-state index in [-0.39, 0.29) is 0 Å². The first-order chi connectivity index (χ1) is 7.99. The lowest BCUT2D eigenvalue weighted by Crippen LogP contribution is -1.92. The van der Waals surface area contributed by atoms with E-state index in [0.717, 1.165) is 0 Å². The molecule has 0 atom stereocenters. The summed E-state index contributed by atoms with van der Waals surface area (Å²) < 4.78 is 1.11. The van der Waals surface area contributed by atoms with Crippen LogP contribution in [0.2, 0.25) is 24.4 Å². The zero-order chi connectivity index (χ0) is 12.6. The van der Waals surface area contributed by atoms with E-state index in [2.05, 4.69) is 4.99 Å². The molecule has 0 fully saturated rings. The number of hydrogen-bond acceptors (Lipinski definition) is 3. The first-order valence-corrected chi connectivity index (χ1v) is 8.16. The molecule has 0 radical (unpaired) electrons. The second-order valence-electron chi connectivity index (χ2n) is 2.89. The Kier molecular flexibility index (Phi) is 4.64. The number of hydrogen-bond donors (Lipinski definition) is 0. The summed E-state index contributed by atoms with van der Waals surface area (Å²) in [6.45, 7) is 0. The van der Waals surface area contributed by atoms with Gasteiger partial charge in [0.1, 0.15) is 14.0 Å². The molecular weight excluding hydrogens is 364 g/mol. The third kappa shape index (κ3) is 3.10. The van der Waals surface area contributed by atoms with Crippen molar-refractivity contribution >= 4 is 84.4 Å². The highest BCUT2D eigenvalue weighted by molar-refractivity contribution is 7.69. The third-order valence-corrected chi connectivity index (χ3v) is 6.29. The number of nitrogens with zero attached hydrogens (tertiary/aromatic N) is 1. The molecule has 0 spiro atoms. The Morgan fingerprint density at radius 2 is 1.47 bits per heavy atom. The van der Waals surface area contributed by atoms with E-state index in [1.54, 1.807) is 6.07 Å². The summed E-state index contributed by atoms with van der Waals surface area (Å²) in [4.78, 5) is 4.30. The van der Waals surface area contributed by atoms with Gasteiger partial charge in [0.05, 0.1) is 20.8 Å². The van der Waals surface area contributed by atoms with Crippen LogP contribution in [0.25, 0.3) is 0 Å². The fourth-order valence-corrected chi connectivity index (χ4v) is 4.33. The van der Waals surface area contributed by atoms with Crippen molar-refractivity contribution < 1.29 is 0 Å². The molecular formula is C9H2Cl5NS2. The summed E-state index contributed by atoms with van der Waals surface area (Å²) in [6.07, 6.45) is 0. The summed E-state index contributed by atoms with van der Waals surface area (Å²) in [7, 11) is 2.71. The Balaban J connectivity index is 2.60. The van der Waals surface area contributed by atoms with Crippen molar-refractivity contribution in [2.75, 3.05) is 0 Å². The van der Waals surface area contributed by atoms with E-state index in [0.29, 0.717) is 34.8 Å². The fourth-order valence-electron chi connectivity index (χ4n) is 1.01. The predicted octanol–water partition coefficient (Wildman–Crippen LogP) is 6.31. The van der Waals surface area contributed by atoms with Gasteiger partial charge in [-0.1, -0.05) is 78.7 Å². The van der Waals surface area contributed by atoms with E-state index >= 15 is 0 Å². The fraction of sp³-hybridized carbons (Fsp3) is 0. The van der Waals surface area contributed by atoms with Crippen LogP contribution >= 0.6 is 78.7 Å². The zero-order valence-electron chi connectivity index (χ0n) is 7.81. The van der Waals surface area contributed by atoms with Crippen LogP contribution in [0.1, 0.15) is 0 Å². The van der Waals surface area contributed by atoms with Gasteiger partial charge in [0.25, 0.3) is 0 Å². The molecule has 0 bridgehead atoms. The molecule has 2 rings (SSSR count). The summed E-state index contributed by atoms with van der Waals surface area (Å²) in [5.41, 5.74) is 0.508. The minimum absolute atomic E-state index is 0.383. The number of benzene rings is 1. The molecule has 0 unspecified atom stereocenters. The van der Waals surface area contributed by atoms with Gasteiger partial charge in [-0.15, -0.1) is 0 Å². The lowest BCUT2D eigenvalue weighted by atomic mass is 10.3. The van der Waals surface area contributed by atoms with Crippen LogP contribution < -0.4 is 4.67 Å². The molecule has 0 amide bonds. The van der Waals surface area contributed by atoms with Crippen molar-refractivity contribution in [3.05, 3.63) is 41.2 Å². The van der Waals surface area contributed by atoms with Crippen LogP contribution in [-0.4, -0.2) is 0 Å². The topological polar surface area (TPSA) is 12.4 Å². The molecule has 0 aliphatic carbocycles.